The van der Waals surface area contributed by atoms with Crippen LogP contribution in [0, 0.1) is 5.92 Å². The smallest absolute Gasteiger partial charge is 0.353 e. The Morgan fingerprint density at radius 2 is 1.88 bits per heavy atom. The van der Waals surface area contributed by atoms with Gasteiger partial charge in [-0.15, -0.1) is 11.8 Å². The Morgan fingerprint density at radius 3 is 2.50 bits per heavy atom. The summed E-state index contributed by atoms with van der Waals surface area (Å²) < 4.78 is 66.0. The minimum absolute atomic E-state index is 0.0934. The highest BCUT2D eigenvalue weighted by molar-refractivity contribution is 7.98. The number of aromatic nitrogens is 2. The fraction of sp³-hybridized carbons (Fsp3) is 0.500. The van der Waals surface area contributed by atoms with Gasteiger partial charge in [-0.1, -0.05) is 0 Å². The predicted octanol–water partition coefficient (Wildman–Crippen LogP) is 5.31. The van der Waals surface area contributed by atoms with Crippen molar-refractivity contribution < 1.29 is 26.4 Å². The number of fused-ring (bicyclic) bond motifs is 1. The van der Waals surface area contributed by atoms with E-state index < -0.39 is 21.6 Å². The molecule has 0 radical (unpaired) electrons. The van der Waals surface area contributed by atoms with Crippen molar-refractivity contribution in [2.75, 3.05) is 19.1 Å². The zero-order valence-electron chi connectivity index (χ0n) is 23.0. The van der Waals surface area contributed by atoms with Crippen molar-refractivity contribution in [1.29, 1.82) is 0 Å². The van der Waals surface area contributed by atoms with Crippen LogP contribution < -0.4 is 5.32 Å². The highest BCUT2D eigenvalue weighted by Crippen LogP contribution is 2.33. The first-order chi connectivity index (χ1) is 18.8. The fourth-order valence-corrected chi connectivity index (χ4v) is 7.38. The molecule has 3 aromatic rings. The van der Waals surface area contributed by atoms with Crippen molar-refractivity contribution in [3.05, 3.63) is 53.9 Å². The van der Waals surface area contributed by atoms with E-state index in [-0.39, 0.29) is 52.3 Å². The Bertz CT molecular complexity index is 1440. The van der Waals surface area contributed by atoms with E-state index >= 15 is 0 Å². The molecule has 0 spiro atoms. The molecular formula is C28H35F3N4O3S2. The first kappa shape index (κ1) is 30.4. The lowest BCUT2D eigenvalue weighted by Crippen LogP contribution is -2.51. The summed E-state index contributed by atoms with van der Waals surface area (Å²) in [5, 5.41) is 3.01. The lowest BCUT2D eigenvalue weighted by atomic mass is 9.81. The molecule has 1 saturated carbocycles. The molecule has 3 unspecified atom stereocenters. The van der Waals surface area contributed by atoms with Crippen LogP contribution in [-0.4, -0.2) is 66.4 Å². The second-order valence-electron chi connectivity index (χ2n) is 10.7. The van der Waals surface area contributed by atoms with Crippen molar-refractivity contribution >= 4 is 38.5 Å². The Balaban J connectivity index is 1.50. The lowest BCUT2D eigenvalue weighted by molar-refractivity contribution is -0.137. The molecule has 0 saturated heterocycles. The summed E-state index contributed by atoms with van der Waals surface area (Å²) in [6.07, 6.45) is -0.670. The van der Waals surface area contributed by atoms with Crippen molar-refractivity contribution in [3.8, 4) is 0 Å². The highest BCUT2D eigenvalue weighted by Gasteiger charge is 2.37. The molecule has 40 heavy (non-hydrogen) atoms. The number of halogens is 3. The molecule has 1 aliphatic rings. The molecule has 3 atom stereocenters. The van der Waals surface area contributed by atoms with E-state index in [0.29, 0.717) is 24.4 Å². The Morgan fingerprint density at radius 1 is 1.18 bits per heavy atom. The van der Waals surface area contributed by atoms with Gasteiger partial charge in [0.15, 0.2) is 9.84 Å². The number of H-pyrrole nitrogens is 1. The minimum Gasteiger partial charge on any atom is -0.353 e. The number of benzene rings is 2. The minimum atomic E-state index is -4.49. The van der Waals surface area contributed by atoms with Gasteiger partial charge in [0.2, 0.25) is 5.91 Å². The number of amides is 1. The third kappa shape index (κ3) is 7.19. The normalized spacial score (nSPS) is 20.4. The second-order valence-corrected chi connectivity index (χ2v) is 13.6. The molecule has 1 aromatic heterocycles. The Hall–Kier alpha value is -2.57. The number of alkyl halides is 3. The molecule has 1 heterocycles. The van der Waals surface area contributed by atoms with Gasteiger partial charge in [0.1, 0.15) is 5.82 Å². The van der Waals surface area contributed by atoms with E-state index in [9.17, 15) is 26.4 Å². The van der Waals surface area contributed by atoms with Crippen LogP contribution in [0.5, 0.6) is 0 Å². The molecule has 2 aromatic carbocycles. The number of hydrogen-bond donors (Lipinski definition) is 2. The summed E-state index contributed by atoms with van der Waals surface area (Å²) in [7, 11) is -1.57. The van der Waals surface area contributed by atoms with Crippen LogP contribution in [0.2, 0.25) is 0 Å². The first-order valence-corrected chi connectivity index (χ1v) is 16.1. The van der Waals surface area contributed by atoms with Gasteiger partial charge in [0, 0.05) is 23.0 Å². The maximum atomic E-state index is 13.4. The zero-order valence-corrected chi connectivity index (χ0v) is 24.6. The number of nitrogens with zero attached hydrogens (tertiary/aromatic N) is 2. The van der Waals surface area contributed by atoms with Crippen molar-refractivity contribution in [3.63, 3.8) is 0 Å². The molecule has 7 nitrogen and oxygen atoms in total. The van der Waals surface area contributed by atoms with Gasteiger partial charge in [0.05, 0.1) is 33.7 Å². The van der Waals surface area contributed by atoms with E-state index in [1.54, 1.807) is 24.3 Å². The van der Waals surface area contributed by atoms with Gasteiger partial charge in [-0.3, -0.25) is 4.79 Å². The third-order valence-corrected chi connectivity index (χ3v) is 10.3. The molecule has 1 aliphatic carbocycles. The number of hydrogen-bond acceptors (Lipinski definition) is 6. The van der Waals surface area contributed by atoms with Crippen molar-refractivity contribution in [2.45, 2.75) is 73.6 Å². The largest absolute Gasteiger partial charge is 0.416 e. The number of rotatable bonds is 9. The van der Waals surface area contributed by atoms with Crippen LogP contribution >= 0.6 is 11.8 Å². The molecule has 4 rings (SSSR count). The summed E-state index contributed by atoms with van der Waals surface area (Å²) in [4.78, 5) is 23.6. The molecule has 1 amide bonds. The predicted molar refractivity (Wildman–Crippen MR) is 151 cm³/mol. The summed E-state index contributed by atoms with van der Waals surface area (Å²) in [5.41, 5.74) is -0.270. The molecular weight excluding hydrogens is 561 g/mol. The monoisotopic (exact) mass is 596 g/mol. The summed E-state index contributed by atoms with van der Waals surface area (Å²) in [5.74, 6) is -0.510. The highest BCUT2D eigenvalue weighted by atomic mass is 32.2. The summed E-state index contributed by atoms with van der Waals surface area (Å²) >= 11 is 1.54. The third-order valence-electron chi connectivity index (χ3n) is 7.73. The first-order valence-electron chi connectivity index (χ1n) is 13.2. The standard InChI is InChI=1S/C28H35F3N4O3S2/c1-17(2)35(3)20-6-12-23(18(13-20)16-40(37,38)22-9-7-21(39-4)8-10-22)34-27(36)15-26-32-24-11-5-19(28(29,30)31)14-25(24)33-26/h5,7-11,14,17-18,20,23H,6,12-13,15-16H2,1-4H3,(H,32,33)(H,34,36). The van der Waals surface area contributed by atoms with E-state index in [0.717, 1.165) is 23.4 Å². The molecule has 2 N–H and O–H groups in total. The fourth-order valence-electron chi connectivity index (χ4n) is 5.29. The molecule has 12 heteroatoms. The van der Waals surface area contributed by atoms with Gasteiger partial charge in [-0.25, -0.2) is 13.4 Å². The average Bonchev–Trinajstić information content (AvgIpc) is 3.30. The molecule has 0 bridgehead atoms. The quantitative estimate of drug-likeness (QED) is 0.325. The van der Waals surface area contributed by atoms with E-state index in [1.165, 1.54) is 17.8 Å². The van der Waals surface area contributed by atoms with Crippen LogP contribution in [0.1, 0.15) is 44.5 Å². The van der Waals surface area contributed by atoms with E-state index in [4.69, 9.17) is 0 Å². The van der Waals surface area contributed by atoms with Gasteiger partial charge in [-0.2, -0.15) is 13.2 Å². The Kier molecular flexibility index (Phi) is 9.21. The number of carbonyl (C=O) groups is 1. The summed E-state index contributed by atoms with van der Waals surface area (Å²) in [6.45, 7) is 4.19. The molecule has 1 fully saturated rings. The van der Waals surface area contributed by atoms with Crippen LogP contribution in [-0.2, 0) is 27.2 Å². The van der Waals surface area contributed by atoms with Crippen LogP contribution in [0.4, 0.5) is 13.2 Å². The van der Waals surface area contributed by atoms with E-state index in [1.807, 2.05) is 13.3 Å². The second kappa shape index (κ2) is 12.1. The SMILES string of the molecule is CSc1ccc(S(=O)(=O)CC2CC(N(C)C(C)C)CCC2NC(=O)Cc2nc3cc(C(F)(F)F)ccc3[nH]2)cc1. The number of aromatic amines is 1. The Labute approximate surface area is 237 Å². The molecule has 218 valence electrons. The van der Waals surface area contributed by atoms with Gasteiger partial charge >= 0.3 is 6.18 Å². The summed E-state index contributed by atoms with van der Waals surface area (Å²) in [6, 6.07) is 10.2. The van der Waals surface area contributed by atoms with Crippen LogP contribution in [0.3, 0.4) is 0 Å². The topological polar surface area (TPSA) is 95.2 Å². The van der Waals surface area contributed by atoms with Gasteiger partial charge in [-0.05, 0) is 94.8 Å². The van der Waals surface area contributed by atoms with Crippen LogP contribution in [0.25, 0.3) is 11.0 Å². The lowest BCUT2D eigenvalue weighted by Gasteiger charge is -2.41. The number of carbonyl (C=O) groups excluding carboxylic acids is 1. The number of imidazole rings is 1. The maximum absolute atomic E-state index is 13.4. The van der Waals surface area contributed by atoms with Gasteiger partial charge in [0.25, 0.3) is 0 Å². The number of thioether (sulfide) groups is 1. The van der Waals surface area contributed by atoms with Gasteiger partial charge < -0.3 is 15.2 Å². The zero-order chi connectivity index (χ0) is 29.2. The maximum Gasteiger partial charge on any atom is 0.416 e. The van der Waals surface area contributed by atoms with Crippen molar-refractivity contribution in [1.82, 2.24) is 20.2 Å². The number of nitrogens with one attached hydrogen (secondary N) is 2. The van der Waals surface area contributed by atoms with E-state index in [2.05, 4.69) is 34.0 Å². The van der Waals surface area contributed by atoms with Crippen molar-refractivity contribution in [2.24, 2.45) is 5.92 Å². The number of sulfone groups is 1. The molecule has 0 aliphatic heterocycles. The average molecular weight is 597 g/mol. The van der Waals surface area contributed by atoms with Crippen LogP contribution in [0.15, 0.2) is 52.3 Å².